The highest BCUT2D eigenvalue weighted by molar-refractivity contribution is 7.89. The molecule has 0 saturated heterocycles. The molecule has 4 nitrogen and oxygen atoms in total. The standard InChI is InChI=1S/C14H23ClN2O2S/c1-5-6-17(10(2)3)20(18,19)14-8-13(15)7-12(9-16)11(14)4/h7-8,10H,5-6,9,16H2,1-4H3. The highest BCUT2D eigenvalue weighted by Gasteiger charge is 2.28. The Kier molecular flexibility index (Phi) is 6.01. The molecule has 1 rings (SSSR count). The van der Waals surface area contributed by atoms with Crippen LogP contribution in [-0.4, -0.2) is 25.3 Å². The van der Waals surface area contributed by atoms with Gasteiger partial charge in [0.2, 0.25) is 10.0 Å². The minimum absolute atomic E-state index is 0.0975. The molecule has 0 aliphatic rings. The smallest absolute Gasteiger partial charge is 0.243 e. The fraction of sp³-hybridized carbons (Fsp3) is 0.571. The summed E-state index contributed by atoms with van der Waals surface area (Å²) < 4.78 is 27.2. The maximum atomic E-state index is 12.8. The van der Waals surface area contributed by atoms with Crippen LogP contribution < -0.4 is 5.73 Å². The minimum atomic E-state index is -3.55. The molecule has 0 atom stereocenters. The number of benzene rings is 1. The van der Waals surface area contributed by atoms with Crippen LogP contribution in [0.3, 0.4) is 0 Å². The molecule has 114 valence electrons. The highest BCUT2D eigenvalue weighted by Crippen LogP contribution is 2.28. The van der Waals surface area contributed by atoms with Gasteiger partial charge in [0.25, 0.3) is 0 Å². The van der Waals surface area contributed by atoms with Gasteiger partial charge in [0.15, 0.2) is 0 Å². The van der Waals surface area contributed by atoms with Gasteiger partial charge in [-0.1, -0.05) is 18.5 Å². The summed E-state index contributed by atoms with van der Waals surface area (Å²) in [6, 6.07) is 3.13. The van der Waals surface area contributed by atoms with Crippen LogP contribution in [0.5, 0.6) is 0 Å². The molecule has 0 unspecified atom stereocenters. The van der Waals surface area contributed by atoms with Crippen molar-refractivity contribution in [3.05, 3.63) is 28.3 Å². The normalized spacial score (nSPS) is 12.4. The Morgan fingerprint density at radius 2 is 1.95 bits per heavy atom. The van der Waals surface area contributed by atoms with E-state index in [-0.39, 0.29) is 17.5 Å². The van der Waals surface area contributed by atoms with E-state index in [1.807, 2.05) is 20.8 Å². The molecule has 0 bridgehead atoms. The van der Waals surface area contributed by atoms with Gasteiger partial charge in [0.1, 0.15) is 0 Å². The lowest BCUT2D eigenvalue weighted by Crippen LogP contribution is -2.38. The number of halogens is 1. The summed E-state index contributed by atoms with van der Waals surface area (Å²) in [6.07, 6.45) is 0.765. The average Bonchev–Trinajstić information content (AvgIpc) is 2.37. The van der Waals surface area contributed by atoms with Crippen LogP contribution in [-0.2, 0) is 16.6 Å². The van der Waals surface area contributed by atoms with Gasteiger partial charge in [-0.3, -0.25) is 0 Å². The number of nitrogens with zero attached hydrogens (tertiary/aromatic N) is 1. The molecule has 1 aromatic rings. The molecule has 0 fully saturated rings. The summed E-state index contributed by atoms with van der Waals surface area (Å²) in [5, 5.41) is 0.398. The largest absolute Gasteiger partial charge is 0.326 e. The average molecular weight is 319 g/mol. The second-order valence-corrected chi connectivity index (χ2v) is 7.40. The van der Waals surface area contributed by atoms with Crippen LogP contribution in [0.15, 0.2) is 17.0 Å². The van der Waals surface area contributed by atoms with Gasteiger partial charge >= 0.3 is 0 Å². The van der Waals surface area contributed by atoms with Crippen molar-refractivity contribution in [1.29, 1.82) is 0 Å². The van der Waals surface area contributed by atoms with Crippen molar-refractivity contribution >= 4 is 21.6 Å². The lowest BCUT2D eigenvalue weighted by molar-refractivity contribution is 0.354. The van der Waals surface area contributed by atoms with E-state index in [0.717, 1.165) is 12.0 Å². The molecule has 0 radical (unpaired) electrons. The topological polar surface area (TPSA) is 63.4 Å². The van der Waals surface area contributed by atoms with E-state index in [4.69, 9.17) is 17.3 Å². The van der Waals surface area contributed by atoms with E-state index in [0.29, 0.717) is 17.1 Å². The molecule has 2 N–H and O–H groups in total. The first-order valence-electron chi connectivity index (χ1n) is 6.76. The van der Waals surface area contributed by atoms with Crippen molar-refractivity contribution in [2.24, 2.45) is 5.73 Å². The Bertz CT molecular complexity index is 571. The lowest BCUT2D eigenvalue weighted by atomic mass is 10.1. The first-order chi connectivity index (χ1) is 9.25. The Labute approximate surface area is 127 Å². The molecule has 0 amide bonds. The molecule has 0 heterocycles. The maximum Gasteiger partial charge on any atom is 0.243 e. The zero-order valence-electron chi connectivity index (χ0n) is 12.5. The molecule has 0 aliphatic carbocycles. The van der Waals surface area contributed by atoms with Gasteiger partial charge in [-0.05, 0) is 50.5 Å². The second kappa shape index (κ2) is 6.89. The van der Waals surface area contributed by atoms with Crippen LogP contribution in [0.2, 0.25) is 5.02 Å². The lowest BCUT2D eigenvalue weighted by Gasteiger charge is -2.26. The first-order valence-corrected chi connectivity index (χ1v) is 8.58. The zero-order valence-corrected chi connectivity index (χ0v) is 14.1. The first kappa shape index (κ1) is 17.4. The van der Waals surface area contributed by atoms with Gasteiger partial charge < -0.3 is 5.73 Å². The van der Waals surface area contributed by atoms with Crippen molar-refractivity contribution in [3.8, 4) is 0 Å². The van der Waals surface area contributed by atoms with Crippen molar-refractivity contribution in [2.75, 3.05) is 6.54 Å². The molecule has 0 aromatic heterocycles. The monoisotopic (exact) mass is 318 g/mol. The third-order valence-electron chi connectivity index (χ3n) is 3.26. The third kappa shape index (κ3) is 3.52. The maximum absolute atomic E-state index is 12.8. The molecule has 0 aliphatic heterocycles. The van der Waals surface area contributed by atoms with Crippen LogP contribution in [0.1, 0.15) is 38.3 Å². The van der Waals surface area contributed by atoms with Gasteiger partial charge in [0.05, 0.1) is 4.90 Å². The van der Waals surface area contributed by atoms with Crippen LogP contribution in [0.4, 0.5) is 0 Å². The molecule has 6 heteroatoms. The van der Waals surface area contributed by atoms with E-state index >= 15 is 0 Å². The van der Waals surface area contributed by atoms with E-state index in [2.05, 4.69) is 0 Å². The van der Waals surface area contributed by atoms with E-state index in [1.54, 1.807) is 13.0 Å². The predicted molar refractivity (Wildman–Crippen MR) is 83.4 cm³/mol. The van der Waals surface area contributed by atoms with E-state index < -0.39 is 10.0 Å². The summed E-state index contributed by atoms with van der Waals surface area (Å²) in [7, 11) is -3.55. The van der Waals surface area contributed by atoms with Gasteiger partial charge in [-0.2, -0.15) is 4.31 Å². The SMILES string of the molecule is CCCN(C(C)C)S(=O)(=O)c1cc(Cl)cc(CN)c1C. The molecule has 0 saturated carbocycles. The van der Waals surface area contributed by atoms with Crippen molar-refractivity contribution in [1.82, 2.24) is 4.31 Å². The fourth-order valence-corrected chi connectivity index (χ4v) is 4.52. The number of rotatable bonds is 6. The highest BCUT2D eigenvalue weighted by atomic mass is 35.5. The van der Waals surface area contributed by atoms with E-state index in [9.17, 15) is 8.42 Å². The number of sulfonamides is 1. The van der Waals surface area contributed by atoms with Crippen LogP contribution in [0, 0.1) is 6.92 Å². The Balaban J connectivity index is 3.45. The molecular weight excluding hydrogens is 296 g/mol. The summed E-state index contributed by atoms with van der Waals surface area (Å²) in [5.74, 6) is 0. The molecule has 0 spiro atoms. The predicted octanol–water partition coefficient (Wildman–Crippen LogP) is 2.92. The molecule has 1 aromatic carbocycles. The van der Waals surface area contributed by atoms with Crippen LogP contribution >= 0.6 is 11.6 Å². The van der Waals surface area contributed by atoms with E-state index in [1.165, 1.54) is 10.4 Å². The number of hydrogen-bond donors (Lipinski definition) is 1. The Morgan fingerprint density at radius 3 is 2.40 bits per heavy atom. The summed E-state index contributed by atoms with van der Waals surface area (Å²) >= 11 is 6.03. The Morgan fingerprint density at radius 1 is 1.35 bits per heavy atom. The fourth-order valence-electron chi connectivity index (χ4n) is 2.19. The zero-order chi connectivity index (χ0) is 15.5. The van der Waals surface area contributed by atoms with Crippen molar-refractivity contribution in [3.63, 3.8) is 0 Å². The molecule has 20 heavy (non-hydrogen) atoms. The van der Waals surface area contributed by atoms with Gasteiger partial charge in [-0.15, -0.1) is 0 Å². The number of hydrogen-bond acceptors (Lipinski definition) is 3. The van der Waals surface area contributed by atoms with Crippen molar-refractivity contribution in [2.45, 2.75) is 51.6 Å². The third-order valence-corrected chi connectivity index (χ3v) is 5.68. The molecular formula is C14H23ClN2O2S. The quantitative estimate of drug-likeness (QED) is 0.877. The second-order valence-electron chi connectivity index (χ2n) is 5.10. The van der Waals surface area contributed by atoms with Gasteiger partial charge in [0, 0.05) is 24.2 Å². The summed E-state index contributed by atoms with van der Waals surface area (Å²) in [5.41, 5.74) is 7.10. The van der Waals surface area contributed by atoms with Gasteiger partial charge in [-0.25, -0.2) is 8.42 Å². The van der Waals surface area contributed by atoms with Crippen LogP contribution in [0.25, 0.3) is 0 Å². The Hall–Kier alpha value is -0.620. The van der Waals surface area contributed by atoms with Crippen molar-refractivity contribution < 1.29 is 8.42 Å². The minimum Gasteiger partial charge on any atom is -0.326 e. The summed E-state index contributed by atoms with van der Waals surface area (Å²) in [6.45, 7) is 8.24. The summed E-state index contributed by atoms with van der Waals surface area (Å²) in [4.78, 5) is 0.257. The number of nitrogens with two attached hydrogens (primary N) is 1.